The molecule has 1 fully saturated rings. The maximum Gasteiger partial charge on any atom is 0.304 e. The monoisotopic (exact) mass is 229 g/mol. The number of rotatable bonds is 6. The van der Waals surface area contributed by atoms with Gasteiger partial charge in [-0.2, -0.15) is 0 Å². The maximum atomic E-state index is 10.5. The van der Waals surface area contributed by atoms with Crippen LogP contribution in [0.2, 0.25) is 0 Å². The molecule has 94 valence electrons. The van der Waals surface area contributed by atoms with Crippen LogP contribution in [0.3, 0.4) is 0 Å². The number of carbonyl (C=O) groups is 1. The zero-order valence-corrected chi connectivity index (χ0v) is 10.1. The van der Waals surface area contributed by atoms with Gasteiger partial charge in [0.25, 0.3) is 0 Å². The lowest BCUT2D eigenvalue weighted by Gasteiger charge is -2.36. The average Bonchev–Trinajstić information content (AvgIpc) is 2.25. The summed E-state index contributed by atoms with van der Waals surface area (Å²) in [7, 11) is 0. The van der Waals surface area contributed by atoms with Crippen LogP contribution in [0.5, 0.6) is 0 Å². The van der Waals surface area contributed by atoms with Gasteiger partial charge in [0.1, 0.15) is 0 Å². The Morgan fingerprint density at radius 1 is 1.31 bits per heavy atom. The van der Waals surface area contributed by atoms with E-state index >= 15 is 0 Å². The number of hydrogen-bond donors (Lipinski definition) is 2. The summed E-state index contributed by atoms with van der Waals surface area (Å²) in [5, 5.41) is 19.0. The lowest BCUT2D eigenvalue weighted by molar-refractivity contribution is -0.137. The molecule has 0 heterocycles. The first-order chi connectivity index (χ1) is 7.56. The van der Waals surface area contributed by atoms with E-state index in [0.717, 1.165) is 32.2 Å². The molecule has 16 heavy (non-hydrogen) atoms. The van der Waals surface area contributed by atoms with Gasteiger partial charge < -0.3 is 15.1 Å². The molecule has 1 saturated carbocycles. The largest absolute Gasteiger partial charge is 0.481 e. The fourth-order valence-corrected chi connectivity index (χ4v) is 2.39. The Hall–Kier alpha value is -0.610. The molecule has 0 aromatic heterocycles. The third kappa shape index (κ3) is 4.49. The minimum atomic E-state index is -0.769. The third-order valence-electron chi connectivity index (χ3n) is 3.39. The van der Waals surface area contributed by atoms with E-state index < -0.39 is 11.6 Å². The zero-order chi connectivity index (χ0) is 12.0. The number of carboxylic acid groups (broad SMARTS) is 1. The van der Waals surface area contributed by atoms with E-state index in [0.29, 0.717) is 13.1 Å². The van der Waals surface area contributed by atoms with Crippen LogP contribution in [-0.4, -0.2) is 46.3 Å². The lowest BCUT2D eigenvalue weighted by Crippen LogP contribution is -2.45. The molecular weight excluding hydrogens is 206 g/mol. The van der Waals surface area contributed by atoms with Crippen LogP contribution < -0.4 is 0 Å². The van der Waals surface area contributed by atoms with Gasteiger partial charge in [-0.15, -0.1) is 0 Å². The van der Waals surface area contributed by atoms with Crippen LogP contribution in [-0.2, 0) is 4.79 Å². The second kappa shape index (κ2) is 6.21. The van der Waals surface area contributed by atoms with Crippen molar-refractivity contribution in [2.45, 2.75) is 51.0 Å². The van der Waals surface area contributed by atoms with Gasteiger partial charge in [0.05, 0.1) is 12.0 Å². The molecule has 0 bridgehead atoms. The number of carboxylic acids is 1. The normalized spacial score (nSPS) is 19.9. The molecule has 0 radical (unpaired) electrons. The second-order valence-corrected chi connectivity index (χ2v) is 4.80. The van der Waals surface area contributed by atoms with Gasteiger partial charge in [0.2, 0.25) is 0 Å². The van der Waals surface area contributed by atoms with Crippen molar-refractivity contribution >= 4 is 5.97 Å². The molecule has 1 aliphatic carbocycles. The van der Waals surface area contributed by atoms with Crippen molar-refractivity contribution in [2.24, 2.45) is 0 Å². The number of aliphatic hydroxyl groups is 1. The summed E-state index contributed by atoms with van der Waals surface area (Å²) in [6, 6.07) is 0. The van der Waals surface area contributed by atoms with Crippen molar-refractivity contribution in [3.63, 3.8) is 0 Å². The molecular formula is C12H23NO3. The van der Waals surface area contributed by atoms with Crippen molar-refractivity contribution in [3.8, 4) is 0 Å². The first-order valence-electron chi connectivity index (χ1n) is 6.22. The fraction of sp³-hybridized carbons (Fsp3) is 0.917. The van der Waals surface area contributed by atoms with E-state index in [1.165, 1.54) is 6.42 Å². The van der Waals surface area contributed by atoms with Crippen molar-refractivity contribution in [2.75, 3.05) is 19.6 Å². The van der Waals surface area contributed by atoms with E-state index in [1.807, 2.05) is 11.8 Å². The van der Waals surface area contributed by atoms with E-state index in [4.69, 9.17) is 5.11 Å². The Bertz CT molecular complexity index is 224. The van der Waals surface area contributed by atoms with Crippen LogP contribution in [0.4, 0.5) is 0 Å². The summed E-state index contributed by atoms with van der Waals surface area (Å²) in [6.45, 7) is 3.97. The predicted molar refractivity (Wildman–Crippen MR) is 62.4 cm³/mol. The molecule has 2 N–H and O–H groups in total. The van der Waals surface area contributed by atoms with Crippen LogP contribution >= 0.6 is 0 Å². The minimum absolute atomic E-state index is 0.157. The van der Waals surface area contributed by atoms with E-state index in [-0.39, 0.29) is 6.42 Å². The Balaban J connectivity index is 2.38. The topological polar surface area (TPSA) is 60.8 Å². The molecule has 0 amide bonds. The summed E-state index contributed by atoms with van der Waals surface area (Å²) >= 11 is 0. The van der Waals surface area contributed by atoms with Crippen LogP contribution in [0, 0.1) is 0 Å². The maximum absolute atomic E-state index is 10.5. The Morgan fingerprint density at radius 3 is 2.44 bits per heavy atom. The molecule has 1 rings (SSSR count). The fourth-order valence-electron chi connectivity index (χ4n) is 2.39. The second-order valence-electron chi connectivity index (χ2n) is 4.80. The molecule has 4 heteroatoms. The first-order valence-corrected chi connectivity index (χ1v) is 6.22. The minimum Gasteiger partial charge on any atom is -0.481 e. The SMILES string of the molecule is CCN(CCC(=O)O)CC1(O)CCCCC1. The van der Waals surface area contributed by atoms with Gasteiger partial charge in [0.15, 0.2) is 0 Å². The zero-order valence-electron chi connectivity index (χ0n) is 10.1. The highest BCUT2D eigenvalue weighted by molar-refractivity contribution is 5.66. The van der Waals surface area contributed by atoms with Crippen LogP contribution in [0.25, 0.3) is 0 Å². The van der Waals surface area contributed by atoms with Gasteiger partial charge in [-0.25, -0.2) is 0 Å². The standard InChI is InChI=1S/C12H23NO3/c1-2-13(9-6-11(14)15)10-12(16)7-4-3-5-8-12/h16H,2-10H2,1H3,(H,14,15). The highest BCUT2D eigenvalue weighted by Crippen LogP contribution is 2.28. The third-order valence-corrected chi connectivity index (χ3v) is 3.39. The molecule has 0 spiro atoms. The van der Waals surface area contributed by atoms with Crippen molar-refractivity contribution in [1.29, 1.82) is 0 Å². The van der Waals surface area contributed by atoms with Crippen molar-refractivity contribution in [3.05, 3.63) is 0 Å². The summed E-state index contributed by atoms with van der Waals surface area (Å²) in [5.74, 6) is -0.769. The van der Waals surface area contributed by atoms with Gasteiger partial charge in [0, 0.05) is 13.1 Å². The molecule has 4 nitrogen and oxygen atoms in total. The molecule has 0 atom stereocenters. The first kappa shape index (κ1) is 13.5. The molecule has 1 aliphatic rings. The van der Waals surface area contributed by atoms with Gasteiger partial charge in [-0.1, -0.05) is 26.2 Å². The summed E-state index contributed by atoms with van der Waals surface area (Å²) in [4.78, 5) is 12.5. The van der Waals surface area contributed by atoms with E-state index in [2.05, 4.69) is 0 Å². The van der Waals surface area contributed by atoms with Crippen molar-refractivity contribution < 1.29 is 15.0 Å². The smallest absolute Gasteiger partial charge is 0.304 e. The Morgan fingerprint density at radius 2 is 1.94 bits per heavy atom. The highest BCUT2D eigenvalue weighted by atomic mass is 16.4. The Kier molecular flexibility index (Phi) is 5.22. The van der Waals surface area contributed by atoms with E-state index in [1.54, 1.807) is 0 Å². The number of aliphatic carboxylic acids is 1. The summed E-state index contributed by atoms with van der Waals surface area (Å²) < 4.78 is 0. The van der Waals surface area contributed by atoms with Gasteiger partial charge in [-0.05, 0) is 19.4 Å². The molecule has 0 aromatic rings. The van der Waals surface area contributed by atoms with Crippen molar-refractivity contribution in [1.82, 2.24) is 4.90 Å². The summed E-state index contributed by atoms with van der Waals surface area (Å²) in [6.07, 6.45) is 5.26. The van der Waals surface area contributed by atoms with Gasteiger partial charge in [-0.3, -0.25) is 4.79 Å². The number of nitrogens with zero attached hydrogens (tertiary/aromatic N) is 1. The van der Waals surface area contributed by atoms with E-state index in [9.17, 15) is 9.90 Å². The van der Waals surface area contributed by atoms with Gasteiger partial charge >= 0.3 is 5.97 Å². The molecule has 0 aliphatic heterocycles. The molecule has 0 saturated heterocycles. The average molecular weight is 229 g/mol. The highest BCUT2D eigenvalue weighted by Gasteiger charge is 2.30. The lowest BCUT2D eigenvalue weighted by atomic mass is 9.84. The molecule has 0 aromatic carbocycles. The quantitative estimate of drug-likeness (QED) is 0.724. The Labute approximate surface area is 97.3 Å². The number of hydrogen-bond acceptors (Lipinski definition) is 3. The van der Waals surface area contributed by atoms with Crippen LogP contribution in [0.15, 0.2) is 0 Å². The number of likely N-dealkylation sites (N-methyl/N-ethyl adjacent to an activating group) is 1. The summed E-state index contributed by atoms with van der Waals surface area (Å²) in [5.41, 5.74) is -0.577. The molecule has 0 unspecified atom stereocenters. The van der Waals surface area contributed by atoms with Crippen LogP contribution in [0.1, 0.15) is 45.4 Å². The predicted octanol–water partition coefficient (Wildman–Crippen LogP) is 1.48.